The molecule has 2 aromatic rings. The molecule has 4 heterocycles. The zero-order valence-corrected chi connectivity index (χ0v) is 21.5. The molecule has 0 spiro atoms. The first-order valence-corrected chi connectivity index (χ1v) is 12.9. The maximum atomic E-state index is 12.7. The molecule has 2 unspecified atom stereocenters. The standard InChI is InChI=1S/C25H29N7O4S/c1-30(2)8-9-36-21-11-19(10-20-22(33)29-25(35)37-20)26-23(28-21)31-12-16-14-32(15-17(16)13-31)24(34)27-18-6-4-3-5-7-18/h3-7,10-11,16-17H,8-9,12-15H2,1-2H3,(H,27,34)(H,29,33,35). The van der Waals surface area contributed by atoms with E-state index in [4.69, 9.17) is 4.74 Å². The molecule has 1 aromatic carbocycles. The molecule has 3 saturated heterocycles. The molecule has 0 bridgehead atoms. The van der Waals surface area contributed by atoms with E-state index in [0.29, 0.717) is 62.1 Å². The summed E-state index contributed by atoms with van der Waals surface area (Å²) >= 11 is 0.848. The Kier molecular flexibility index (Phi) is 7.28. The number of aromatic nitrogens is 2. The first-order valence-electron chi connectivity index (χ1n) is 12.1. The maximum absolute atomic E-state index is 12.7. The van der Waals surface area contributed by atoms with Crippen molar-refractivity contribution in [3.8, 4) is 5.88 Å². The Morgan fingerprint density at radius 3 is 2.54 bits per heavy atom. The van der Waals surface area contributed by atoms with E-state index in [9.17, 15) is 14.4 Å². The van der Waals surface area contributed by atoms with E-state index in [1.165, 1.54) is 0 Å². The number of amides is 4. The highest BCUT2D eigenvalue weighted by Crippen LogP contribution is 2.34. The third-order valence-corrected chi connectivity index (χ3v) is 7.31. The van der Waals surface area contributed by atoms with Crippen molar-refractivity contribution in [3.05, 3.63) is 47.0 Å². The summed E-state index contributed by atoms with van der Waals surface area (Å²) in [6.45, 7) is 3.92. The molecule has 11 nitrogen and oxygen atoms in total. The molecule has 2 N–H and O–H groups in total. The van der Waals surface area contributed by atoms with Crippen LogP contribution in [0.3, 0.4) is 0 Å². The predicted octanol–water partition coefficient (Wildman–Crippen LogP) is 2.34. The SMILES string of the molecule is CN(C)CCOc1cc(C=C2SC(=O)NC2=O)nc(N2CC3CN(C(=O)Nc4ccccc4)CC3C2)n1. The summed E-state index contributed by atoms with van der Waals surface area (Å²) in [4.78, 5) is 51.9. The van der Waals surface area contributed by atoms with Gasteiger partial charge in [-0.3, -0.25) is 14.9 Å². The number of thioether (sulfide) groups is 1. The fourth-order valence-electron chi connectivity index (χ4n) is 4.65. The van der Waals surface area contributed by atoms with Crippen LogP contribution in [0.15, 0.2) is 41.3 Å². The molecule has 37 heavy (non-hydrogen) atoms. The number of nitrogens with zero attached hydrogens (tertiary/aromatic N) is 5. The Labute approximate surface area is 219 Å². The molecule has 0 aliphatic carbocycles. The summed E-state index contributed by atoms with van der Waals surface area (Å²) in [5.74, 6) is 1.10. The number of hydrogen-bond donors (Lipinski definition) is 2. The number of nitrogens with one attached hydrogen (secondary N) is 2. The number of para-hydroxylation sites is 1. The van der Waals surface area contributed by atoms with E-state index in [2.05, 4.69) is 25.5 Å². The minimum absolute atomic E-state index is 0.0875. The van der Waals surface area contributed by atoms with Crippen molar-refractivity contribution in [3.63, 3.8) is 0 Å². The van der Waals surface area contributed by atoms with Crippen LogP contribution in [0.2, 0.25) is 0 Å². The number of fused-ring (bicyclic) bond motifs is 1. The predicted molar refractivity (Wildman–Crippen MR) is 141 cm³/mol. The second-order valence-corrected chi connectivity index (χ2v) is 10.6. The molecule has 3 aliphatic heterocycles. The van der Waals surface area contributed by atoms with E-state index in [1.54, 1.807) is 12.1 Å². The van der Waals surface area contributed by atoms with Crippen molar-refractivity contribution in [2.24, 2.45) is 11.8 Å². The highest BCUT2D eigenvalue weighted by molar-refractivity contribution is 8.18. The molecule has 1 aromatic heterocycles. The molecular formula is C25H29N7O4S. The third-order valence-electron chi connectivity index (χ3n) is 6.50. The minimum atomic E-state index is -0.435. The maximum Gasteiger partial charge on any atom is 0.321 e. The van der Waals surface area contributed by atoms with E-state index in [1.807, 2.05) is 54.2 Å². The van der Waals surface area contributed by atoms with Crippen molar-refractivity contribution in [2.45, 2.75) is 0 Å². The lowest BCUT2D eigenvalue weighted by Crippen LogP contribution is -2.36. The molecule has 3 aliphatic rings. The summed E-state index contributed by atoms with van der Waals surface area (Å²) in [7, 11) is 3.92. The summed E-state index contributed by atoms with van der Waals surface area (Å²) in [5.41, 5.74) is 1.28. The highest BCUT2D eigenvalue weighted by atomic mass is 32.2. The third kappa shape index (κ3) is 6.03. The van der Waals surface area contributed by atoms with Gasteiger partial charge in [-0.1, -0.05) is 18.2 Å². The summed E-state index contributed by atoms with van der Waals surface area (Å²) in [5, 5.41) is 4.82. The number of rotatable bonds is 7. The molecule has 3 fully saturated rings. The van der Waals surface area contributed by atoms with Gasteiger partial charge in [-0.15, -0.1) is 0 Å². The number of likely N-dealkylation sites (N-methyl/N-ethyl adjacent to an activating group) is 1. The van der Waals surface area contributed by atoms with Crippen LogP contribution in [-0.2, 0) is 4.79 Å². The van der Waals surface area contributed by atoms with E-state index in [0.717, 1.165) is 24.0 Å². The van der Waals surface area contributed by atoms with Gasteiger partial charge in [-0.2, -0.15) is 4.98 Å². The van der Waals surface area contributed by atoms with Gasteiger partial charge in [-0.05, 0) is 44.1 Å². The van der Waals surface area contributed by atoms with Crippen molar-refractivity contribution in [1.29, 1.82) is 0 Å². The van der Waals surface area contributed by atoms with Crippen LogP contribution in [0.5, 0.6) is 5.88 Å². The Morgan fingerprint density at radius 2 is 1.89 bits per heavy atom. The summed E-state index contributed by atoms with van der Waals surface area (Å²) in [6, 6.07) is 11.0. The van der Waals surface area contributed by atoms with Gasteiger partial charge in [0.15, 0.2) is 0 Å². The molecule has 12 heteroatoms. The van der Waals surface area contributed by atoms with Gasteiger partial charge in [0, 0.05) is 56.3 Å². The van der Waals surface area contributed by atoms with Crippen LogP contribution >= 0.6 is 11.8 Å². The number of ether oxygens (including phenoxy) is 1. The smallest absolute Gasteiger partial charge is 0.321 e. The zero-order valence-electron chi connectivity index (χ0n) is 20.7. The summed E-state index contributed by atoms with van der Waals surface area (Å²) < 4.78 is 5.89. The minimum Gasteiger partial charge on any atom is -0.476 e. The number of benzene rings is 1. The number of carbonyl (C=O) groups excluding carboxylic acids is 3. The number of carbonyl (C=O) groups is 3. The second kappa shape index (κ2) is 10.8. The molecule has 194 valence electrons. The molecule has 4 amide bonds. The van der Waals surface area contributed by atoms with Crippen molar-refractivity contribution < 1.29 is 19.1 Å². The topological polar surface area (TPSA) is 120 Å². The number of hydrogen-bond acceptors (Lipinski definition) is 9. The Morgan fingerprint density at radius 1 is 1.16 bits per heavy atom. The lowest BCUT2D eigenvalue weighted by atomic mass is 10.0. The van der Waals surface area contributed by atoms with Crippen LogP contribution in [0.25, 0.3) is 6.08 Å². The quantitative estimate of drug-likeness (QED) is 0.527. The fraction of sp³-hybridized carbons (Fsp3) is 0.400. The highest BCUT2D eigenvalue weighted by Gasteiger charge is 2.42. The van der Waals surface area contributed by atoms with Crippen molar-refractivity contribution >= 4 is 46.7 Å². The van der Waals surface area contributed by atoms with Gasteiger partial charge < -0.3 is 24.8 Å². The number of imide groups is 1. The second-order valence-electron chi connectivity index (χ2n) is 9.56. The molecular weight excluding hydrogens is 494 g/mol. The Hall–Kier alpha value is -3.64. The van der Waals surface area contributed by atoms with Gasteiger partial charge in [-0.25, -0.2) is 9.78 Å². The van der Waals surface area contributed by atoms with Crippen LogP contribution in [0, 0.1) is 11.8 Å². The monoisotopic (exact) mass is 523 g/mol. The van der Waals surface area contributed by atoms with Gasteiger partial charge >= 0.3 is 6.03 Å². The van der Waals surface area contributed by atoms with Gasteiger partial charge in [0.05, 0.1) is 10.6 Å². The van der Waals surface area contributed by atoms with E-state index < -0.39 is 11.1 Å². The van der Waals surface area contributed by atoms with Crippen LogP contribution in [0.1, 0.15) is 5.69 Å². The average Bonchev–Trinajstić information content (AvgIpc) is 3.52. The van der Waals surface area contributed by atoms with Crippen molar-refractivity contribution in [2.75, 3.05) is 63.6 Å². The van der Waals surface area contributed by atoms with Crippen LogP contribution < -0.4 is 20.3 Å². The first-order chi connectivity index (χ1) is 17.8. The number of anilines is 2. The molecule has 0 radical (unpaired) electrons. The van der Waals surface area contributed by atoms with Gasteiger partial charge in [0.1, 0.15) is 6.61 Å². The van der Waals surface area contributed by atoms with Crippen LogP contribution in [0.4, 0.5) is 21.2 Å². The Bertz CT molecular complexity index is 1210. The summed E-state index contributed by atoms with van der Waals surface area (Å²) in [6.07, 6.45) is 1.58. The average molecular weight is 524 g/mol. The Balaban J connectivity index is 1.28. The van der Waals surface area contributed by atoms with Gasteiger partial charge in [0.25, 0.3) is 11.1 Å². The lowest BCUT2D eigenvalue weighted by molar-refractivity contribution is -0.115. The largest absolute Gasteiger partial charge is 0.476 e. The first kappa shape index (κ1) is 25.0. The van der Waals surface area contributed by atoms with Crippen molar-refractivity contribution in [1.82, 2.24) is 25.1 Å². The van der Waals surface area contributed by atoms with E-state index >= 15 is 0 Å². The zero-order chi connectivity index (χ0) is 25.9. The number of likely N-dealkylation sites (tertiary alicyclic amines) is 1. The molecule has 5 rings (SSSR count). The lowest BCUT2D eigenvalue weighted by Gasteiger charge is -2.22. The van der Waals surface area contributed by atoms with Crippen LogP contribution in [-0.4, -0.2) is 90.4 Å². The number of urea groups is 1. The molecule has 0 saturated carbocycles. The van der Waals surface area contributed by atoms with E-state index in [-0.39, 0.29) is 10.9 Å². The normalized spacial score (nSPS) is 22.1. The van der Waals surface area contributed by atoms with Gasteiger partial charge in [0.2, 0.25) is 11.8 Å². The fourth-order valence-corrected chi connectivity index (χ4v) is 5.32. The molecule has 2 atom stereocenters.